The molecular formula is C18H19NO2. The molecule has 0 heterocycles. The lowest BCUT2D eigenvalue weighted by molar-refractivity contribution is -0.118. The maximum Gasteiger partial charge on any atom is 0.167 e. The van der Waals surface area contributed by atoms with E-state index in [4.69, 9.17) is 10.5 Å². The Balaban J connectivity index is 1.93. The Morgan fingerprint density at radius 1 is 1.14 bits per heavy atom. The third kappa shape index (κ3) is 2.83. The molecule has 3 nitrogen and oxygen atoms in total. The van der Waals surface area contributed by atoms with Gasteiger partial charge in [0.25, 0.3) is 0 Å². The number of nitrogens with two attached hydrogens (primary N) is 1. The van der Waals surface area contributed by atoms with Crippen molar-refractivity contribution in [3.05, 3.63) is 64.7 Å². The molecule has 0 amide bonds. The minimum absolute atomic E-state index is 0.0223. The average molecular weight is 281 g/mol. The van der Waals surface area contributed by atoms with E-state index in [0.717, 1.165) is 24.2 Å². The molecule has 2 aromatic rings. The molecule has 0 saturated carbocycles. The van der Waals surface area contributed by atoms with Crippen LogP contribution in [0.15, 0.2) is 42.5 Å². The summed E-state index contributed by atoms with van der Waals surface area (Å²) in [6, 6.07) is 14.2. The van der Waals surface area contributed by atoms with E-state index in [1.54, 1.807) is 0 Å². The van der Waals surface area contributed by atoms with Crippen molar-refractivity contribution in [3.8, 4) is 5.75 Å². The van der Waals surface area contributed by atoms with Crippen LogP contribution >= 0.6 is 0 Å². The van der Waals surface area contributed by atoms with Crippen LogP contribution in [0.1, 0.15) is 35.2 Å². The van der Waals surface area contributed by atoms with Crippen LogP contribution in [0.25, 0.3) is 0 Å². The van der Waals surface area contributed by atoms with Gasteiger partial charge >= 0.3 is 0 Å². The number of benzene rings is 2. The lowest BCUT2D eigenvalue weighted by Crippen LogP contribution is -2.14. The van der Waals surface area contributed by atoms with Crippen LogP contribution in [0.5, 0.6) is 5.75 Å². The number of carbonyl (C=O) groups is 1. The largest absolute Gasteiger partial charge is 0.486 e. The van der Waals surface area contributed by atoms with Crippen molar-refractivity contribution >= 4 is 5.78 Å². The molecule has 21 heavy (non-hydrogen) atoms. The number of fused-ring (bicyclic) bond motifs is 2. The van der Waals surface area contributed by atoms with E-state index in [-0.39, 0.29) is 18.4 Å². The smallest absolute Gasteiger partial charge is 0.167 e. The molecule has 1 aliphatic rings. The number of Topliss-reactive ketones (excluding diaryl/α,β-unsaturated/α-hetero) is 1. The van der Waals surface area contributed by atoms with Gasteiger partial charge < -0.3 is 10.5 Å². The number of carbonyl (C=O) groups excluding carboxylic acids is 1. The highest BCUT2D eigenvalue weighted by Crippen LogP contribution is 2.32. The standard InChI is InChI=1S/C18H19NO2/c1-12(20)11-21-15-8-9-17-14(10-15)7-6-13-4-2-3-5-16(13)18(17)19/h2-5,8-10,18H,6-7,11,19H2,1H3. The van der Waals surface area contributed by atoms with Crippen molar-refractivity contribution in [1.29, 1.82) is 0 Å². The minimum Gasteiger partial charge on any atom is -0.486 e. The summed E-state index contributed by atoms with van der Waals surface area (Å²) in [4.78, 5) is 11.0. The van der Waals surface area contributed by atoms with E-state index in [0.29, 0.717) is 0 Å². The van der Waals surface area contributed by atoms with Crippen LogP contribution in [0.4, 0.5) is 0 Å². The number of hydrogen-bond acceptors (Lipinski definition) is 3. The molecule has 0 bridgehead atoms. The Morgan fingerprint density at radius 2 is 1.86 bits per heavy atom. The van der Waals surface area contributed by atoms with Crippen LogP contribution in [-0.2, 0) is 17.6 Å². The molecule has 0 spiro atoms. The van der Waals surface area contributed by atoms with E-state index in [2.05, 4.69) is 18.2 Å². The Morgan fingerprint density at radius 3 is 2.67 bits per heavy atom. The lowest BCUT2D eigenvalue weighted by Gasteiger charge is -2.16. The van der Waals surface area contributed by atoms with Crippen LogP contribution in [0, 0.1) is 0 Å². The maximum absolute atomic E-state index is 11.0. The summed E-state index contributed by atoms with van der Waals surface area (Å²) in [5.41, 5.74) is 11.3. The van der Waals surface area contributed by atoms with Gasteiger partial charge in [-0.15, -0.1) is 0 Å². The van der Waals surface area contributed by atoms with Crippen molar-refractivity contribution in [2.75, 3.05) is 6.61 Å². The second kappa shape index (κ2) is 5.70. The summed E-state index contributed by atoms with van der Waals surface area (Å²) < 4.78 is 5.50. The second-order valence-electron chi connectivity index (χ2n) is 5.53. The second-order valence-corrected chi connectivity index (χ2v) is 5.53. The number of ketones is 1. The summed E-state index contributed by atoms with van der Waals surface area (Å²) in [5, 5.41) is 0. The van der Waals surface area contributed by atoms with Gasteiger partial charge in [0.2, 0.25) is 0 Å². The van der Waals surface area contributed by atoms with Crippen LogP contribution in [0.2, 0.25) is 0 Å². The summed E-state index contributed by atoms with van der Waals surface area (Å²) in [5.74, 6) is 0.760. The summed E-state index contributed by atoms with van der Waals surface area (Å²) >= 11 is 0. The fraction of sp³-hybridized carbons (Fsp3) is 0.278. The van der Waals surface area contributed by atoms with Gasteiger partial charge in [-0.1, -0.05) is 30.3 Å². The average Bonchev–Trinajstić information content (AvgIpc) is 2.63. The highest BCUT2D eigenvalue weighted by Gasteiger charge is 2.20. The first-order valence-corrected chi connectivity index (χ1v) is 7.23. The van der Waals surface area contributed by atoms with E-state index in [1.165, 1.54) is 23.6 Å². The van der Waals surface area contributed by atoms with E-state index < -0.39 is 0 Å². The monoisotopic (exact) mass is 281 g/mol. The zero-order valence-electron chi connectivity index (χ0n) is 12.1. The van der Waals surface area contributed by atoms with Crippen molar-refractivity contribution in [2.45, 2.75) is 25.8 Å². The molecule has 0 aliphatic heterocycles. The van der Waals surface area contributed by atoms with Crippen molar-refractivity contribution in [3.63, 3.8) is 0 Å². The first-order valence-electron chi connectivity index (χ1n) is 7.23. The van der Waals surface area contributed by atoms with Gasteiger partial charge in [-0.2, -0.15) is 0 Å². The van der Waals surface area contributed by atoms with Gasteiger partial charge in [0.05, 0.1) is 6.04 Å². The molecule has 3 rings (SSSR count). The number of aryl methyl sites for hydroxylation is 2. The van der Waals surface area contributed by atoms with Crippen molar-refractivity contribution < 1.29 is 9.53 Å². The van der Waals surface area contributed by atoms with Crippen molar-refractivity contribution in [1.82, 2.24) is 0 Å². The summed E-state index contributed by atoms with van der Waals surface area (Å²) in [6.45, 7) is 1.64. The van der Waals surface area contributed by atoms with E-state index in [9.17, 15) is 4.79 Å². The normalized spacial score (nSPS) is 16.6. The van der Waals surface area contributed by atoms with Gasteiger partial charge in [-0.3, -0.25) is 4.79 Å². The topological polar surface area (TPSA) is 52.3 Å². The third-order valence-corrected chi connectivity index (χ3v) is 3.95. The van der Waals surface area contributed by atoms with Crippen LogP contribution in [0.3, 0.4) is 0 Å². The fourth-order valence-electron chi connectivity index (χ4n) is 2.88. The highest BCUT2D eigenvalue weighted by atomic mass is 16.5. The minimum atomic E-state index is -0.0967. The molecule has 0 radical (unpaired) electrons. The molecule has 0 fully saturated rings. The molecule has 3 heteroatoms. The number of ether oxygens (including phenoxy) is 1. The number of hydrogen-bond donors (Lipinski definition) is 1. The molecule has 108 valence electrons. The first kappa shape index (κ1) is 13.8. The SMILES string of the molecule is CC(=O)COc1ccc2c(c1)CCc1ccccc1C2N. The maximum atomic E-state index is 11.0. The van der Waals surface area contributed by atoms with Gasteiger partial charge in [0, 0.05) is 0 Å². The van der Waals surface area contributed by atoms with Crippen LogP contribution < -0.4 is 10.5 Å². The first-order chi connectivity index (χ1) is 10.1. The quantitative estimate of drug-likeness (QED) is 0.941. The molecule has 1 atom stereocenters. The molecule has 1 unspecified atom stereocenters. The van der Waals surface area contributed by atoms with Gasteiger partial charge in [0.15, 0.2) is 5.78 Å². The van der Waals surface area contributed by atoms with Crippen LogP contribution in [-0.4, -0.2) is 12.4 Å². The molecule has 0 aromatic heterocycles. The zero-order chi connectivity index (χ0) is 14.8. The van der Waals surface area contributed by atoms with Gasteiger partial charge in [0.1, 0.15) is 12.4 Å². The fourth-order valence-corrected chi connectivity index (χ4v) is 2.88. The molecule has 2 N–H and O–H groups in total. The Hall–Kier alpha value is -2.13. The lowest BCUT2D eigenvalue weighted by atomic mass is 9.95. The summed E-state index contributed by atoms with van der Waals surface area (Å²) in [6.07, 6.45) is 1.92. The van der Waals surface area contributed by atoms with E-state index in [1.807, 2.05) is 24.3 Å². The highest BCUT2D eigenvalue weighted by molar-refractivity contribution is 5.77. The number of rotatable bonds is 3. The molecule has 0 saturated heterocycles. The summed E-state index contributed by atoms with van der Waals surface area (Å²) in [7, 11) is 0. The van der Waals surface area contributed by atoms with Crippen molar-refractivity contribution in [2.24, 2.45) is 5.73 Å². The zero-order valence-corrected chi connectivity index (χ0v) is 12.1. The molecule has 1 aliphatic carbocycles. The predicted molar refractivity (Wildman–Crippen MR) is 82.5 cm³/mol. The predicted octanol–water partition coefficient (Wildman–Crippen LogP) is 2.80. The Bertz CT molecular complexity index is 679. The Labute approximate surface area is 124 Å². The van der Waals surface area contributed by atoms with Gasteiger partial charge in [-0.05, 0) is 54.2 Å². The third-order valence-electron chi connectivity index (χ3n) is 3.95. The van der Waals surface area contributed by atoms with Gasteiger partial charge in [-0.25, -0.2) is 0 Å². The Kier molecular flexibility index (Phi) is 3.76. The van der Waals surface area contributed by atoms with E-state index >= 15 is 0 Å². The molecular weight excluding hydrogens is 262 g/mol. The molecule has 2 aromatic carbocycles.